The summed E-state index contributed by atoms with van der Waals surface area (Å²) in [5, 5.41) is 9.87. The molecule has 0 aliphatic carbocycles. The molecule has 0 N–H and O–H groups in total. The molecule has 0 saturated heterocycles. The van der Waals surface area contributed by atoms with Crippen molar-refractivity contribution in [2.24, 2.45) is 0 Å². The molecule has 0 spiro atoms. The zero-order valence-electron chi connectivity index (χ0n) is 7.49. The van der Waals surface area contributed by atoms with Gasteiger partial charge in [-0.3, -0.25) is 0 Å². The number of rotatable bonds is 2. The number of carbonyl (C=O) groups is 1. The van der Waals surface area contributed by atoms with E-state index in [0.717, 1.165) is 0 Å². The second-order valence-electron chi connectivity index (χ2n) is 2.17. The second kappa shape index (κ2) is 5.32. The largest absolute Gasteiger partial charge is 1.00 e. The molecule has 84 valence electrons. The molecule has 15 heavy (non-hydrogen) atoms. The van der Waals surface area contributed by atoms with E-state index < -0.39 is 23.9 Å². The summed E-state index contributed by atoms with van der Waals surface area (Å²) in [7, 11) is -0.0171. The van der Waals surface area contributed by atoms with Crippen LogP contribution in [-0.2, 0) is 9.53 Å². The number of hydrogen-bond donors (Lipinski definition) is 0. The van der Waals surface area contributed by atoms with E-state index in [-0.39, 0.29) is 58.5 Å². The van der Waals surface area contributed by atoms with E-state index in [0.29, 0.717) is 0 Å². The molecule has 0 aromatic rings. The van der Waals surface area contributed by atoms with Gasteiger partial charge in [-0.05, 0) is 0 Å². The summed E-state index contributed by atoms with van der Waals surface area (Å²) in [6, 6.07) is 0. The molecule has 0 radical (unpaired) electrons. The Hall–Kier alpha value is 0.646. The topological polar surface area (TPSA) is 49.4 Å². The van der Waals surface area contributed by atoms with Gasteiger partial charge in [-0.25, -0.2) is 0 Å². The first-order valence-electron chi connectivity index (χ1n) is 2.90. The van der Waals surface area contributed by atoms with Crippen LogP contribution in [0.5, 0.6) is 0 Å². The van der Waals surface area contributed by atoms with Gasteiger partial charge in [0.2, 0.25) is 0 Å². The van der Waals surface area contributed by atoms with Crippen LogP contribution in [0.1, 0.15) is 0 Å². The van der Waals surface area contributed by atoms with Crippen molar-refractivity contribution in [1.82, 2.24) is 0 Å². The first-order chi connectivity index (χ1) is 6.00. The van der Waals surface area contributed by atoms with Crippen molar-refractivity contribution >= 4 is 5.97 Å². The Kier molecular flexibility index (Phi) is 6.39. The number of methoxy groups -OCH3 is 1. The molecule has 0 unspecified atom stereocenters. The summed E-state index contributed by atoms with van der Waals surface area (Å²) in [4.78, 5) is 9.87. The molecule has 10 heteroatoms. The van der Waals surface area contributed by atoms with Crippen molar-refractivity contribution in [2.75, 3.05) is 7.11 Å². The monoisotopic (exact) mass is 264 g/mol. The Morgan fingerprint density at radius 3 is 1.33 bits per heavy atom. The van der Waals surface area contributed by atoms with Gasteiger partial charge >= 0.3 is 63.7 Å². The average Bonchev–Trinajstić information content (AvgIpc) is 1.80. The molecule has 0 amide bonds. The Labute approximate surface area is 122 Å². The van der Waals surface area contributed by atoms with E-state index in [1.165, 1.54) is 0 Å². The molecular weight excluding hydrogens is 261 g/mol. The average molecular weight is 264 g/mol. The molecular formula is C5H3F6KO3. The Morgan fingerprint density at radius 2 is 1.33 bits per heavy atom. The van der Waals surface area contributed by atoms with Crippen LogP contribution in [-0.4, -0.2) is 31.0 Å². The fraction of sp³-hybridized carbons (Fsp3) is 0.800. The van der Waals surface area contributed by atoms with Crippen molar-refractivity contribution < 1.29 is 92.4 Å². The Bertz CT molecular complexity index is 220. The van der Waals surface area contributed by atoms with Gasteiger partial charge in [-0.15, -0.1) is 0 Å². The maximum Gasteiger partial charge on any atom is 1.00 e. The first-order valence-corrected chi connectivity index (χ1v) is 2.90. The standard InChI is InChI=1S/C5H4F6O3.K/c1-14-3(2(12)13,4(6,7)8)5(9,10)11;/h1H3,(H,12,13);/q;+1/p-1. The van der Waals surface area contributed by atoms with Crippen molar-refractivity contribution in [1.29, 1.82) is 0 Å². The normalized spacial score (nSPS) is 13.3. The summed E-state index contributed by atoms with van der Waals surface area (Å²) >= 11 is 0. The number of carboxylic acid groups (broad SMARTS) is 1. The quantitative estimate of drug-likeness (QED) is 0.401. The SMILES string of the molecule is COC(C(=O)[O-])(C(F)(F)F)C(F)(F)F.[K+]. The van der Waals surface area contributed by atoms with Crippen LogP contribution >= 0.6 is 0 Å². The van der Waals surface area contributed by atoms with Gasteiger partial charge in [-0.1, -0.05) is 0 Å². The van der Waals surface area contributed by atoms with E-state index >= 15 is 0 Å². The summed E-state index contributed by atoms with van der Waals surface area (Å²) in [6.45, 7) is 0. The van der Waals surface area contributed by atoms with Crippen molar-refractivity contribution in [3.05, 3.63) is 0 Å². The molecule has 0 rings (SSSR count). The summed E-state index contributed by atoms with van der Waals surface area (Å²) in [5.74, 6) is -3.40. The van der Waals surface area contributed by atoms with E-state index in [4.69, 9.17) is 0 Å². The van der Waals surface area contributed by atoms with Gasteiger partial charge in [0.15, 0.2) is 0 Å². The Morgan fingerprint density at radius 1 is 1.07 bits per heavy atom. The van der Waals surface area contributed by atoms with E-state index in [9.17, 15) is 36.2 Å². The van der Waals surface area contributed by atoms with Crippen LogP contribution in [0, 0.1) is 0 Å². The predicted molar refractivity (Wildman–Crippen MR) is 26.9 cm³/mol. The van der Waals surface area contributed by atoms with E-state index in [1.54, 1.807) is 0 Å². The zero-order valence-corrected chi connectivity index (χ0v) is 10.6. The molecule has 3 nitrogen and oxygen atoms in total. The van der Waals surface area contributed by atoms with Gasteiger partial charge in [0.1, 0.15) is 0 Å². The van der Waals surface area contributed by atoms with Crippen molar-refractivity contribution in [2.45, 2.75) is 18.0 Å². The maximum absolute atomic E-state index is 11.9. The first kappa shape index (κ1) is 18.0. The number of ether oxygens (including phenoxy) is 1. The third-order valence-corrected chi connectivity index (χ3v) is 1.39. The minimum absolute atomic E-state index is 0. The number of hydrogen-bond acceptors (Lipinski definition) is 3. The molecule has 0 atom stereocenters. The number of carbonyl (C=O) groups excluding carboxylic acids is 1. The van der Waals surface area contributed by atoms with Crippen molar-refractivity contribution in [3.8, 4) is 0 Å². The van der Waals surface area contributed by atoms with Gasteiger partial charge in [-0.2, -0.15) is 26.3 Å². The van der Waals surface area contributed by atoms with Gasteiger partial charge in [0.25, 0.3) is 5.60 Å². The van der Waals surface area contributed by atoms with Gasteiger partial charge < -0.3 is 14.6 Å². The molecule has 0 aromatic heterocycles. The predicted octanol–water partition coefficient (Wildman–Crippen LogP) is -2.75. The van der Waals surface area contributed by atoms with Crippen LogP contribution in [0.2, 0.25) is 0 Å². The summed E-state index contributed by atoms with van der Waals surface area (Å²) in [5.41, 5.74) is -5.28. The number of halogens is 6. The molecule has 0 heterocycles. The maximum atomic E-state index is 11.9. The third kappa shape index (κ3) is 3.06. The minimum atomic E-state index is -6.14. The molecule has 0 aromatic carbocycles. The second-order valence-corrected chi connectivity index (χ2v) is 2.17. The number of alkyl halides is 6. The van der Waals surface area contributed by atoms with Gasteiger partial charge in [0, 0.05) is 7.11 Å². The van der Waals surface area contributed by atoms with E-state index in [2.05, 4.69) is 4.74 Å². The third-order valence-electron chi connectivity index (χ3n) is 1.39. The molecule has 0 aliphatic rings. The van der Waals surface area contributed by atoms with Crippen LogP contribution in [0.3, 0.4) is 0 Å². The van der Waals surface area contributed by atoms with E-state index in [1.807, 2.05) is 0 Å². The van der Waals surface area contributed by atoms with Crippen LogP contribution < -0.4 is 56.5 Å². The summed E-state index contributed by atoms with van der Waals surface area (Å²) < 4.78 is 74.2. The van der Waals surface area contributed by atoms with Gasteiger partial charge in [0.05, 0.1) is 5.97 Å². The van der Waals surface area contributed by atoms with Crippen molar-refractivity contribution in [3.63, 3.8) is 0 Å². The number of carboxylic acids is 1. The molecule has 0 fully saturated rings. The Balaban J connectivity index is 0. The fourth-order valence-electron chi connectivity index (χ4n) is 0.707. The smallest absolute Gasteiger partial charge is 0.546 e. The van der Waals surface area contributed by atoms with Crippen LogP contribution in [0.4, 0.5) is 26.3 Å². The minimum Gasteiger partial charge on any atom is -0.546 e. The fourth-order valence-corrected chi connectivity index (χ4v) is 0.707. The summed E-state index contributed by atoms with van der Waals surface area (Å²) in [6.07, 6.45) is -12.3. The van der Waals surface area contributed by atoms with Crippen LogP contribution in [0.15, 0.2) is 0 Å². The van der Waals surface area contributed by atoms with Crippen LogP contribution in [0.25, 0.3) is 0 Å². The molecule has 0 bridgehead atoms. The number of aliphatic carboxylic acids is 1. The zero-order chi connectivity index (χ0) is 11.8. The molecule has 0 saturated carbocycles. The molecule has 0 aliphatic heterocycles.